The maximum atomic E-state index is 12.4. The lowest BCUT2D eigenvalue weighted by molar-refractivity contribution is 0.0947. The molecule has 0 saturated heterocycles. The minimum Gasteiger partial charge on any atom is -0.350 e. The summed E-state index contributed by atoms with van der Waals surface area (Å²) in [5, 5.41) is 10.2. The van der Waals surface area contributed by atoms with Gasteiger partial charge in [0.25, 0.3) is 11.5 Å². The van der Waals surface area contributed by atoms with E-state index < -0.39 is 0 Å². The van der Waals surface area contributed by atoms with Gasteiger partial charge >= 0.3 is 0 Å². The minimum atomic E-state index is -0.296. The van der Waals surface area contributed by atoms with Gasteiger partial charge in [-0.1, -0.05) is 55.5 Å². The molecule has 0 fully saturated rings. The summed E-state index contributed by atoms with van der Waals surface area (Å²) in [6.07, 6.45) is 0. The van der Waals surface area contributed by atoms with Crippen molar-refractivity contribution in [3.8, 4) is 0 Å². The molecule has 1 amide bonds. The Morgan fingerprint density at radius 3 is 2.48 bits per heavy atom. The van der Waals surface area contributed by atoms with Crippen LogP contribution in [0.2, 0.25) is 0 Å². The lowest BCUT2D eigenvalue weighted by Gasteiger charge is -2.13. The molecule has 0 aliphatic rings. The third kappa shape index (κ3) is 3.13. The van der Waals surface area contributed by atoms with Crippen LogP contribution in [-0.4, -0.2) is 22.6 Å². The first kappa shape index (κ1) is 15.0. The van der Waals surface area contributed by atoms with E-state index >= 15 is 0 Å². The van der Waals surface area contributed by atoms with Crippen molar-refractivity contribution in [2.75, 3.05) is 6.54 Å². The fourth-order valence-electron chi connectivity index (χ4n) is 2.52. The second kappa shape index (κ2) is 6.44. The Labute approximate surface area is 133 Å². The van der Waals surface area contributed by atoms with E-state index in [1.807, 2.05) is 37.3 Å². The van der Waals surface area contributed by atoms with Gasteiger partial charge in [-0.15, -0.1) is 0 Å². The number of aromatic nitrogens is 2. The van der Waals surface area contributed by atoms with E-state index in [0.717, 1.165) is 5.56 Å². The summed E-state index contributed by atoms with van der Waals surface area (Å²) in [6, 6.07) is 16.9. The number of hydrogen-bond acceptors (Lipinski definition) is 3. The number of carbonyl (C=O) groups excluding carboxylic acids is 1. The second-order valence-corrected chi connectivity index (χ2v) is 5.47. The molecule has 3 aromatic rings. The average molecular weight is 307 g/mol. The second-order valence-electron chi connectivity index (χ2n) is 5.47. The van der Waals surface area contributed by atoms with Crippen LogP contribution in [0.4, 0.5) is 0 Å². The SMILES string of the molecule is CC(CNC(=O)c1n[nH]c(=O)c2ccccc12)c1ccccc1. The van der Waals surface area contributed by atoms with Gasteiger partial charge in [-0.25, -0.2) is 5.10 Å². The van der Waals surface area contributed by atoms with Gasteiger partial charge in [0.1, 0.15) is 0 Å². The predicted molar refractivity (Wildman–Crippen MR) is 89.6 cm³/mol. The number of hydrogen-bond donors (Lipinski definition) is 2. The highest BCUT2D eigenvalue weighted by Crippen LogP contribution is 2.15. The molecule has 1 unspecified atom stereocenters. The first-order valence-electron chi connectivity index (χ1n) is 7.47. The molecule has 23 heavy (non-hydrogen) atoms. The molecule has 0 radical (unpaired) electrons. The predicted octanol–water partition coefficient (Wildman–Crippen LogP) is 2.46. The average Bonchev–Trinajstić information content (AvgIpc) is 2.60. The van der Waals surface area contributed by atoms with Crippen LogP contribution in [0.1, 0.15) is 28.9 Å². The highest BCUT2D eigenvalue weighted by Gasteiger charge is 2.15. The van der Waals surface area contributed by atoms with E-state index in [1.54, 1.807) is 24.3 Å². The molecule has 0 spiro atoms. The molecule has 1 aromatic heterocycles. The third-order valence-corrected chi connectivity index (χ3v) is 3.85. The molecule has 0 bridgehead atoms. The van der Waals surface area contributed by atoms with Gasteiger partial charge in [-0.05, 0) is 17.5 Å². The maximum absolute atomic E-state index is 12.4. The Morgan fingerprint density at radius 2 is 1.74 bits per heavy atom. The van der Waals surface area contributed by atoms with Gasteiger partial charge in [0, 0.05) is 11.9 Å². The fourth-order valence-corrected chi connectivity index (χ4v) is 2.52. The van der Waals surface area contributed by atoms with Gasteiger partial charge in [0.2, 0.25) is 0 Å². The van der Waals surface area contributed by atoms with Crippen LogP contribution >= 0.6 is 0 Å². The summed E-state index contributed by atoms with van der Waals surface area (Å²) < 4.78 is 0. The van der Waals surface area contributed by atoms with Crippen LogP contribution in [0.15, 0.2) is 59.4 Å². The number of amides is 1. The molecule has 2 N–H and O–H groups in total. The first-order valence-corrected chi connectivity index (χ1v) is 7.47. The Kier molecular flexibility index (Phi) is 4.19. The van der Waals surface area contributed by atoms with Crippen molar-refractivity contribution >= 4 is 16.7 Å². The van der Waals surface area contributed by atoms with Gasteiger partial charge in [0.15, 0.2) is 5.69 Å². The lowest BCUT2D eigenvalue weighted by atomic mass is 10.0. The van der Waals surface area contributed by atoms with E-state index in [9.17, 15) is 9.59 Å². The van der Waals surface area contributed by atoms with E-state index in [-0.39, 0.29) is 23.1 Å². The lowest BCUT2D eigenvalue weighted by Crippen LogP contribution is -2.29. The molecule has 3 rings (SSSR count). The largest absolute Gasteiger partial charge is 0.350 e. The number of H-pyrrole nitrogens is 1. The number of aromatic amines is 1. The molecule has 5 nitrogen and oxygen atoms in total. The van der Waals surface area contributed by atoms with Crippen molar-refractivity contribution in [2.24, 2.45) is 0 Å². The highest BCUT2D eigenvalue weighted by atomic mass is 16.2. The van der Waals surface area contributed by atoms with E-state index in [2.05, 4.69) is 15.5 Å². The normalized spacial score (nSPS) is 12.0. The van der Waals surface area contributed by atoms with Gasteiger partial charge in [0.05, 0.1) is 5.39 Å². The highest BCUT2D eigenvalue weighted by molar-refractivity contribution is 6.04. The van der Waals surface area contributed by atoms with Crippen LogP contribution in [0, 0.1) is 0 Å². The Morgan fingerprint density at radius 1 is 1.09 bits per heavy atom. The molecule has 1 atom stereocenters. The van der Waals surface area contributed by atoms with Crippen LogP contribution < -0.4 is 10.9 Å². The maximum Gasteiger partial charge on any atom is 0.272 e. The number of benzene rings is 2. The summed E-state index contributed by atoms with van der Waals surface area (Å²) in [6.45, 7) is 2.55. The number of nitrogens with one attached hydrogen (secondary N) is 2. The monoisotopic (exact) mass is 307 g/mol. The Bertz CT molecular complexity index is 887. The number of fused-ring (bicyclic) bond motifs is 1. The minimum absolute atomic E-state index is 0.189. The van der Waals surface area contributed by atoms with Crippen molar-refractivity contribution in [3.05, 3.63) is 76.2 Å². The zero-order valence-corrected chi connectivity index (χ0v) is 12.7. The Balaban J connectivity index is 1.79. The molecule has 5 heteroatoms. The molecular weight excluding hydrogens is 290 g/mol. The zero-order valence-electron chi connectivity index (χ0n) is 12.7. The summed E-state index contributed by atoms with van der Waals surface area (Å²) in [4.78, 5) is 24.2. The molecule has 1 heterocycles. The van der Waals surface area contributed by atoms with Crippen LogP contribution in [-0.2, 0) is 0 Å². The smallest absolute Gasteiger partial charge is 0.272 e. The molecule has 0 saturated carbocycles. The topological polar surface area (TPSA) is 74.8 Å². The van der Waals surface area contributed by atoms with E-state index in [1.165, 1.54) is 0 Å². The molecule has 116 valence electrons. The van der Waals surface area contributed by atoms with E-state index in [0.29, 0.717) is 17.3 Å². The van der Waals surface area contributed by atoms with Crippen LogP contribution in [0.5, 0.6) is 0 Å². The van der Waals surface area contributed by atoms with Gasteiger partial charge in [-0.2, -0.15) is 5.10 Å². The number of carbonyl (C=O) groups is 1. The Hall–Kier alpha value is -2.95. The van der Waals surface area contributed by atoms with Crippen molar-refractivity contribution in [1.82, 2.24) is 15.5 Å². The van der Waals surface area contributed by atoms with Crippen molar-refractivity contribution < 1.29 is 4.79 Å². The van der Waals surface area contributed by atoms with Gasteiger partial charge < -0.3 is 5.32 Å². The third-order valence-electron chi connectivity index (χ3n) is 3.85. The summed E-state index contributed by atoms with van der Waals surface area (Å²) in [5.74, 6) is -0.102. The quantitative estimate of drug-likeness (QED) is 0.777. The van der Waals surface area contributed by atoms with Crippen molar-refractivity contribution in [2.45, 2.75) is 12.8 Å². The van der Waals surface area contributed by atoms with Crippen LogP contribution in [0.3, 0.4) is 0 Å². The number of nitrogens with zero attached hydrogens (tertiary/aromatic N) is 1. The summed E-state index contributed by atoms with van der Waals surface area (Å²) in [7, 11) is 0. The molecule has 0 aliphatic carbocycles. The van der Waals surface area contributed by atoms with Crippen LogP contribution in [0.25, 0.3) is 10.8 Å². The fraction of sp³-hybridized carbons (Fsp3) is 0.167. The van der Waals surface area contributed by atoms with Crippen molar-refractivity contribution in [1.29, 1.82) is 0 Å². The molecule has 2 aromatic carbocycles. The standard InChI is InChI=1S/C18H17N3O2/c1-12(13-7-3-2-4-8-13)11-19-18(23)16-14-9-5-6-10-15(14)17(22)21-20-16/h2-10,12H,11H2,1H3,(H,19,23)(H,21,22). The van der Waals surface area contributed by atoms with Crippen molar-refractivity contribution in [3.63, 3.8) is 0 Å². The molecular formula is C18H17N3O2. The van der Waals surface area contributed by atoms with E-state index in [4.69, 9.17) is 0 Å². The summed E-state index contributed by atoms with van der Waals surface area (Å²) in [5.41, 5.74) is 1.10. The van der Waals surface area contributed by atoms with Gasteiger partial charge in [-0.3, -0.25) is 9.59 Å². The summed E-state index contributed by atoms with van der Waals surface area (Å²) >= 11 is 0. The zero-order chi connectivity index (χ0) is 16.2. The number of rotatable bonds is 4. The first-order chi connectivity index (χ1) is 11.2. The molecule has 0 aliphatic heterocycles.